The normalized spacial score (nSPS) is 23.3. The van der Waals surface area contributed by atoms with Gasteiger partial charge in [-0.3, -0.25) is 9.48 Å². The van der Waals surface area contributed by atoms with Crippen molar-refractivity contribution in [3.8, 4) is 28.5 Å². The summed E-state index contributed by atoms with van der Waals surface area (Å²) in [5.41, 5.74) is 1.32. The summed E-state index contributed by atoms with van der Waals surface area (Å²) in [7, 11) is 4.73. The molecule has 33 heavy (non-hydrogen) atoms. The number of hydrogen-bond acceptors (Lipinski definition) is 6. The third-order valence-corrected chi connectivity index (χ3v) is 7.21. The number of aliphatic hydroxyl groups excluding tert-OH is 1. The first kappa shape index (κ1) is 22.1. The highest BCUT2D eigenvalue weighted by atomic mass is 35.5. The van der Waals surface area contributed by atoms with Crippen LogP contribution < -0.4 is 14.2 Å². The number of ketones is 1. The smallest absolute Gasteiger partial charge is 0.217 e. The summed E-state index contributed by atoms with van der Waals surface area (Å²) >= 11 is 12.8. The van der Waals surface area contributed by atoms with Gasteiger partial charge in [-0.05, 0) is 18.6 Å². The number of aliphatic hydroxyl groups is 1. The van der Waals surface area contributed by atoms with E-state index in [2.05, 4.69) is 5.10 Å². The average molecular weight is 489 g/mol. The lowest BCUT2D eigenvalue weighted by molar-refractivity contribution is -0.0634. The summed E-state index contributed by atoms with van der Waals surface area (Å²) in [6.07, 6.45) is -0.872. The van der Waals surface area contributed by atoms with Crippen molar-refractivity contribution in [2.75, 3.05) is 14.2 Å². The van der Waals surface area contributed by atoms with Crippen molar-refractivity contribution >= 4 is 29.0 Å². The van der Waals surface area contributed by atoms with E-state index in [9.17, 15) is 9.90 Å². The fourth-order valence-corrected chi connectivity index (χ4v) is 5.52. The number of ether oxygens (including phenoxy) is 3. The molecule has 1 aliphatic heterocycles. The summed E-state index contributed by atoms with van der Waals surface area (Å²) in [5, 5.41) is 17.1. The van der Waals surface area contributed by atoms with Crippen molar-refractivity contribution in [2.24, 2.45) is 13.0 Å². The average Bonchev–Trinajstić information content (AvgIpc) is 3.28. The van der Waals surface area contributed by atoms with Crippen LogP contribution in [-0.2, 0) is 13.5 Å². The van der Waals surface area contributed by atoms with Crippen LogP contribution in [0.4, 0.5) is 0 Å². The number of hydrogen-bond donors (Lipinski definition) is 1. The fourth-order valence-electron chi connectivity index (χ4n) is 5.06. The van der Waals surface area contributed by atoms with Crippen molar-refractivity contribution in [1.82, 2.24) is 9.78 Å². The van der Waals surface area contributed by atoms with Crippen LogP contribution in [-0.4, -0.2) is 40.5 Å². The minimum absolute atomic E-state index is 0.153. The molecular formula is C24H22Cl2N2O5. The van der Waals surface area contributed by atoms with Gasteiger partial charge in [0.05, 0.1) is 25.6 Å². The first-order valence-electron chi connectivity index (χ1n) is 10.4. The summed E-state index contributed by atoms with van der Waals surface area (Å²) in [6, 6.07) is 8.84. The quantitative estimate of drug-likeness (QED) is 0.577. The molecule has 0 radical (unpaired) electrons. The molecule has 0 amide bonds. The minimum atomic E-state index is -1.59. The molecule has 9 heteroatoms. The topological polar surface area (TPSA) is 82.8 Å². The Balaban J connectivity index is 1.71. The third kappa shape index (κ3) is 2.92. The van der Waals surface area contributed by atoms with Crippen LogP contribution in [0.25, 0.3) is 11.3 Å². The Bertz CT molecular complexity index is 1300. The summed E-state index contributed by atoms with van der Waals surface area (Å²) in [5.74, 6) is -0.0315. The number of carbonyl (C=O) groups is 1. The second-order valence-electron chi connectivity index (χ2n) is 8.37. The third-order valence-electron chi connectivity index (χ3n) is 6.61. The molecule has 3 aromatic rings. The summed E-state index contributed by atoms with van der Waals surface area (Å²) in [4.78, 5) is 13.9. The van der Waals surface area contributed by atoms with Gasteiger partial charge >= 0.3 is 0 Å². The summed E-state index contributed by atoms with van der Waals surface area (Å²) in [6.45, 7) is 1.86. The highest BCUT2D eigenvalue weighted by molar-refractivity contribution is 6.35. The van der Waals surface area contributed by atoms with Gasteiger partial charge in [-0.25, -0.2) is 0 Å². The molecule has 1 spiro atoms. The van der Waals surface area contributed by atoms with Gasteiger partial charge in [-0.1, -0.05) is 42.3 Å². The van der Waals surface area contributed by atoms with E-state index >= 15 is 0 Å². The van der Waals surface area contributed by atoms with Crippen LogP contribution in [0.3, 0.4) is 0 Å². The molecule has 1 unspecified atom stereocenters. The van der Waals surface area contributed by atoms with Crippen molar-refractivity contribution in [3.05, 3.63) is 57.2 Å². The second-order valence-corrected chi connectivity index (χ2v) is 9.19. The highest BCUT2D eigenvalue weighted by Crippen LogP contribution is 2.57. The van der Waals surface area contributed by atoms with Crippen LogP contribution in [0.15, 0.2) is 30.3 Å². The number of halogens is 2. The van der Waals surface area contributed by atoms with Gasteiger partial charge in [0.1, 0.15) is 28.2 Å². The molecule has 2 aliphatic rings. The second kappa shape index (κ2) is 7.65. The molecule has 1 N–H and O–H groups in total. The fraction of sp³-hybridized carbons (Fsp3) is 0.333. The number of rotatable bonds is 3. The zero-order chi connectivity index (χ0) is 23.7. The first-order chi connectivity index (χ1) is 15.7. The minimum Gasteiger partial charge on any atom is -0.496 e. The van der Waals surface area contributed by atoms with Gasteiger partial charge in [0.15, 0.2) is 5.75 Å². The van der Waals surface area contributed by atoms with E-state index in [1.54, 1.807) is 29.9 Å². The van der Waals surface area contributed by atoms with Gasteiger partial charge in [0.25, 0.3) is 0 Å². The van der Waals surface area contributed by atoms with E-state index in [-0.39, 0.29) is 27.9 Å². The molecular weight excluding hydrogens is 467 g/mol. The lowest BCUT2D eigenvalue weighted by Gasteiger charge is -2.40. The van der Waals surface area contributed by atoms with Crippen LogP contribution in [0.2, 0.25) is 10.0 Å². The first-order valence-corrected chi connectivity index (χ1v) is 11.2. The van der Waals surface area contributed by atoms with E-state index in [1.807, 2.05) is 19.1 Å². The van der Waals surface area contributed by atoms with Crippen LogP contribution in [0.5, 0.6) is 17.2 Å². The molecule has 172 valence electrons. The van der Waals surface area contributed by atoms with Crippen LogP contribution in [0, 0.1) is 5.92 Å². The molecule has 2 heterocycles. The maximum absolute atomic E-state index is 13.9. The molecule has 0 saturated carbocycles. The van der Waals surface area contributed by atoms with E-state index < -0.39 is 17.6 Å². The Morgan fingerprint density at radius 1 is 1.21 bits per heavy atom. The number of aromatic nitrogens is 2. The Kier molecular flexibility index (Phi) is 5.12. The Labute approximate surface area is 200 Å². The van der Waals surface area contributed by atoms with Gasteiger partial charge in [-0.15, -0.1) is 0 Å². The molecule has 2 aromatic carbocycles. The van der Waals surface area contributed by atoms with Crippen molar-refractivity contribution in [3.63, 3.8) is 0 Å². The number of fused-ring (bicyclic) bond motifs is 2. The molecule has 1 aromatic heterocycles. The molecule has 5 rings (SSSR count). The van der Waals surface area contributed by atoms with Crippen molar-refractivity contribution in [2.45, 2.75) is 25.0 Å². The molecule has 0 saturated heterocycles. The number of Topliss-reactive ketones (excluding diaryl/α,β-unsaturated/α-hetero) is 1. The number of benzene rings is 2. The predicted octanol–water partition coefficient (Wildman–Crippen LogP) is 4.65. The zero-order valence-corrected chi connectivity index (χ0v) is 20.0. The lowest BCUT2D eigenvalue weighted by Crippen LogP contribution is -2.54. The number of aryl methyl sites for hydroxylation is 1. The van der Waals surface area contributed by atoms with Gasteiger partial charge in [0.2, 0.25) is 11.4 Å². The van der Waals surface area contributed by atoms with Crippen LogP contribution in [0.1, 0.15) is 34.6 Å². The standard InChI is InChI=1S/C24H22Cl2N2O5/c1-11-8-14-17(20(28(2)27-14)12-6-5-7-13(25)9-12)22(29)24(11)23(30)18-15(31-3)10-16(32-4)19(26)21(18)33-24/h5-7,9-11,22,29H,8H2,1-4H3/t11-,22?,24+/m1/s1. The highest BCUT2D eigenvalue weighted by Gasteiger charge is 2.62. The maximum atomic E-state index is 13.9. The monoisotopic (exact) mass is 488 g/mol. The van der Waals surface area contributed by atoms with Crippen LogP contribution >= 0.6 is 23.2 Å². The largest absolute Gasteiger partial charge is 0.496 e. The molecule has 0 bridgehead atoms. The zero-order valence-electron chi connectivity index (χ0n) is 18.5. The van der Waals surface area contributed by atoms with E-state index in [4.69, 9.17) is 37.4 Å². The summed E-state index contributed by atoms with van der Waals surface area (Å²) < 4.78 is 18.8. The van der Waals surface area contributed by atoms with E-state index in [0.717, 1.165) is 5.56 Å². The maximum Gasteiger partial charge on any atom is 0.217 e. The van der Waals surface area contributed by atoms with Crippen molar-refractivity contribution < 1.29 is 24.1 Å². The van der Waals surface area contributed by atoms with Crippen molar-refractivity contribution in [1.29, 1.82) is 0 Å². The van der Waals surface area contributed by atoms with E-state index in [0.29, 0.717) is 34.1 Å². The Hall–Kier alpha value is -2.74. The van der Waals surface area contributed by atoms with Gasteiger partial charge in [0, 0.05) is 35.2 Å². The van der Waals surface area contributed by atoms with Gasteiger partial charge < -0.3 is 19.3 Å². The molecule has 0 fully saturated rings. The number of carbonyl (C=O) groups excluding carboxylic acids is 1. The molecule has 3 atom stereocenters. The van der Waals surface area contributed by atoms with Gasteiger partial charge in [-0.2, -0.15) is 5.10 Å². The SMILES string of the molecule is COc1cc(OC)c2c(c1Cl)O[C@]1(C2=O)C(O)c2c(nn(C)c2-c2cccc(Cl)c2)C[C@H]1C. The Morgan fingerprint density at radius 2 is 1.94 bits per heavy atom. The number of nitrogens with zero attached hydrogens (tertiary/aromatic N) is 2. The predicted molar refractivity (Wildman–Crippen MR) is 124 cm³/mol. The van der Waals surface area contributed by atoms with E-state index in [1.165, 1.54) is 14.2 Å². The lowest BCUT2D eigenvalue weighted by atomic mass is 9.69. The molecule has 1 aliphatic carbocycles. The molecule has 7 nitrogen and oxygen atoms in total. The Morgan fingerprint density at radius 3 is 2.61 bits per heavy atom. The number of methoxy groups -OCH3 is 2.